The van der Waals surface area contributed by atoms with Crippen molar-refractivity contribution < 1.29 is 19.0 Å². The molecule has 0 saturated heterocycles. The Labute approximate surface area is 58.1 Å². The maximum absolute atomic E-state index is 11.4. The van der Waals surface area contributed by atoms with E-state index in [0.717, 1.165) is 0 Å². The smallest absolute Gasteiger partial charge is 0.450 e. The fraction of sp³-hybridized carbons (Fsp3) is 0.500. The van der Waals surface area contributed by atoms with Gasteiger partial charge in [0.25, 0.3) is 0 Å². The summed E-state index contributed by atoms with van der Waals surface area (Å²) in [6, 6.07) is 0. The molecule has 0 heterocycles. The van der Waals surface area contributed by atoms with Crippen LogP contribution in [0.1, 0.15) is 6.42 Å². The van der Waals surface area contributed by atoms with Crippen LogP contribution in [0.25, 0.3) is 0 Å². The van der Waals surface area contributed by atoms with Crippen molar-refractivity contribution in [3.8, 4) is 0 Å². The zero-order valence-corrected chi connectivity index (χ0v) is 5.42. The Balaban J connectivity index is 3.10. The first-order chi connectivity index (χ1) is 4.77. The van der Waals surface area contributed by atoms with E-state index in [-0.39, 0.29) is 6.61 Å². The molecule has 1 N–H and O–H groups in total. The Morgan fingerprint density at radius 3 is 2.80 bits per heavy atom. The molecule has 0 aromatic carbocycles. The van der Waals surface area contributed by atoms with Gasteiger partial charge in [0.2, 0.25) is 0 Å². The normalized spacial score (nSPS) is 10.1. The van der Waals surface area contributed by atoms with E-state index >= 15 is 0 Å². The van der Waals surface area contributed by atoms with E-state index in [9.17, 15) is 9.18 Å². The molecule has 0 fully saturated rings. The maximum Gasteiger partial charge on any atom is 0.506 e. The van der Waals surface area contributed by atoms with Gasteiger partial charge in [-0.15, -0.1) is 0 Å². The zero-order chi connectivity index (χ0) is 7.82. The van der Waals surface area contributed by atoms with Crippen LogP contribution in [0.15, 0.2) is 12.2 Å². The molecule has 0 atom stereocenters. The summed E-state index contributed by atoms with van der Waals surface area (Å²) < 4.78 is 15.5. The Kier molecular flexibility index (Phi) is 5.42. The van der Waals surface area contributed by atoms with Crippen molar-refractivity contribution in [2.45, 2.75) is 6.42 Å². The first kappa shape index (κ1) is 8.94. The largest absolute Gasteiger partial charge is 0.506 e. The van der Waals surface area contributed by atoms with Gasteiger partial charge in [0.15, 0.2) is 0 Å². The predicted octanol–water partition coefficient (Wildman–Crippen LogP) is 1.60. The number of halogens is 1. The molecule has 0 amide bonds. The summed E-state index contributed by atoms with van der Waals surface area (Å²) >= 11 is 0. The molecule has 0 aliphatic rings. The minimum atomic E-state index is -1.31. The van der Waals surface area contributed by atoms with Gasteiger partial charge in [0.05, 0.1) is 6.67 Å². The highest BCUT2D eigenvalue weighted by molar-refractivity contribution is 5.56. The van der Waals surface area contributed by atoms with Gasteiger partial charge in [-0.05, 0) is 6.42 Å². The third-order valence-electron chi connectivity index (χ3n) is 0.745. The van der Waals surface area contributed by atoms with Crippen LogP contribution in [0.5, 0.6) is 0 Å². The lowest BCUT2D eigenvalue weighted by atomic mass is 10.4. The number of ether oxygens (including phenoxy) is 1. The number of allylic oxidation sites excluding steroid dienone is 1. The van der Waals surface area contributed by atoms with Crippen LogP contribution in [0.4, 0.5) is 9.18 Å². The topological polar surface area (TPSA) is 46.5 Å². The van der Waals surface area contributed by atoms with Crippen molar-refractivity contribution in [1.82, 2.24) is 0 Å². The summed E-state index contributed by atoms with van der Waals surface area (Å²) in [6.45, 7) is -0.432. The van der Waals surface area contributed by atoms with Crippen molar-refractivity contribution in [1.29, 1.82) is 0 Å². The molecule has 0 spiro atoms. The molecule has 0 aromatic heterocycles. The Hall–Kier alpha value is -1.06. The highest BCUT2D eigenvalue weighted by Gasteiger charge is 1.89. The molecule has 0 aromatic rings. The highest BCUT2D eigenvalue weighted by Crippen LogP contribution is 1.84. The van der Waals surface area contributed by atoms with Crippen LogP contribution >= 0.6 is 0 Å². The minimum Gasteiger partial charge on any atom is -0.450 e. The fourth-order valence-corrected chi connectivity index (χ4v) is 0.368. The highest BCUT2D eigenvalue weighted by atomic mass is 19.1. The lowest BCUT2D eigenvalue weighted by Gasteiger charge is -1.91. The van der Waals surface area contributed by atoms with Crippen LogP contribution < -0.4 is 0 Å². The van der Waals surface area contributed by atoms with Gasteiger partial charge in [0, 0.05) is 0 Å². The second kappa shape index (κ2) is 6.07. The molecule has 0 aliphatic heterocycles. The predicted molar refractivity (Wildman–Crippen MR) is 33.7 cm³/mol. The monoisotopic (exact) mass is 148 g/mol. The van der Waals surface area contributed by atoms with Crippen molar-refractivity contribution >= 4 is 6.16 Å². The summed E-state index contributed by atoms with van der Waals surface area (Å²) in [4.78, 5) is 9.70. The third-order valence-corrected chi connectivity index (χ3v) is 0.745. The Morgan fingerprint density at radius 2 is 2.30 bits per heavy atom. The van der Waals surface area contributed by atoms with Crippen molar-refractivity contribution in [2.75, 3.05) is 13.3 Å². The van der Waals surface area contributed by atoms with Crippen LogP contribution in [0, 0.1) is 0 Å². The zero-order valence-electron chi connectivity index (χ0n) is 5.42. The number of rotatable bonds is 4. The van der Waals surface area contributed by atoms with Gasteiger partial charge in [-0.2, -0.15) is 0 Å². The molecule has 4 heteroatoms. The van der Waals surface area contributed by atoms with Crippen molar-refractivity contribution in [3.05, 3.63) is 12.2 Å². The third kappa shape index (κ3) is 6.94. The summed E-state index contributed by atoms with van der Waals surface area (Å²) in [6.07, 6.45) is 1.99. The van der Waals surface area contributed by atoms with E-state index in [1.807, 2.05) is 0 Å². The van der Waals surface area contributed by atoms with E-state index in [1.165, 1.54) is 12.2 Å². The molecule has 0 aliphatic carbocycles. The minimum absolute atomic E-state index is 0.00463. The van der Waals surface area contributed by atoms with E-state index in [0.29, 0.717) is 6.42 Å². The maximum atomic E-state index is 11.4. The van der Waals surface area contributed by atoms with Crippen molar-refractivity contribution in [2.24, 2.45) is 0 Å². The van der Waals surface area contributed by atoms with Crippen LogP contribution in [0.2, 0.25) is 0 Å². The van der Waals surface area contributed by atoms with Gasteiger partial charge in [-0.1, -0.05) is 12.2 Å². The molecule has 58 valence electrons. The standard InChI is InChI=1S/C6H9FO3/c7-4-2-1-3-5-10-6(8)9/h1,3H,2,4-5H2,(H,8,9). The number of hydrogen-bond donors (Lipinski definition) is 1. The molecular formula is C6H9FO3. The van der Waals surface area contributed by atoms with Crippen molar-refractivity contribution in [3.63, 3.8) is 0 Å². The van der Waals surface area contributed by atoms with Gasteiger partial charge in [-0.3, -0.25) is 4.39 Å². The van der Waals surface area contributed by atoms with Crippen LogP contribution in [-0.2, 0) is 4.74 Å². The first-order valence-electron chi connectivity index (χ1n) is 2.84. The summed E-state index contributed by atoms with van der Waals surface area (Å²) in [7, 11) is 0. The summed E-state index contributed by atoms with van der Waals surface area (Å²) in [5.41, 5.74) is 0. The lowest BCUT2D eigenvalue weighted by Crippen LogP contribution is -1.98. The second-order valence-electron chi connectivity index (χ2n) is 1.53. The molecule has 0 rings (SSSR count). The van der Waals surface area contributed by atoms with Gasteiger partial charge in [0.1, 0.15) is 6.61 Å². The average Bonchev–Trinajstić information content (AvgIpc) is 1.87. The summed E-state index contributed by atoms with van der Waals surface area (Å²) in [5, 5.41) is 7.94. The number of alkyl halides is 1. The number of hydrogen-bond acceptors (Lipinski definition) is 2. The molecule has 0 saturated carbocycles. The molecule has 0 bridgehead atoms. The molecule has 0 radical (unpaired) electrons. The van der Waals surface area contributed by atoms with E-state index < -0.39 is 12.8 Å². The molecule has 0 unspecified atom stereocenters. The van der Waals surface area contributed by atoms with Gasteiger partial charge < -0.3 is 9.84 Å². The fourth-order valence-electron chi connectivity index (χ4n) is 0.368. The van der Waals surface area contributed by atoms with Crippen LogP contribution in [-0.4, -0.2) is 24.5 Å². The van der Waals surface area contributed by atoms with Gasteiger partial charge >= 0.3 is 6.16 Å². The summed E-state index contributed by atoms with van der Waals surface area (Å²) in [5.74, 6) is 0. The van der Waals surface area contributed by atoms with Gasteiger partial charge in [-0.25, -0.2) is 4.79 Å². The van der Waals surface area contributed by atoms with Crippen LogP contribution in [0.3, 0.4) is 0 Å². The Bertz CT molecular complexity index is 122. The molecule has 3 nitrogen and oxygen atoms in total. The van der Waals surface area contributed by atoms with E-state index in [1.54, 1.807) is 0 Å². The van der Waals surface area contributed by atoms with E-state index in [2.05, 4.69) is 4.74 Å². The van der Waals surface area contributed by atoms with E-state index in [4.69, 9.17) is 5.11 Å². The lowest BCUT2D eigenvalue weighted by molar-refractivity contribution is 0.102. The quantitative estimate of drug-likeness (QED) is 0.486. The first-order valence-corrected chi connectivity index (χ1v) is 2.84. The second-order valence-corrected chi connectivity index (χ2v) is 1.53. The number of carbonyl (C=O) groups is 1. The number of carboxylic acid groups (broad SMARTS) is 1. The SMILES string of the molecule is O=C(O)OCC=CCCF. The molecular weight excluding hydrogens is 139 g/mol. The average molecular weight is 148 g/mol. The molecule has 10 heavy (non-hydrogen) atoms. The Morgan fingerprint density at radius 1 is 1.60 bits per heavy atom.